The van der Waals surface area contributed by atoms with Crippen molar-refractivity contribution in [3.63, 3.8) is 0 Å². The zero-order valence-corrected chi connectivity index (χ0v) is 15.9. The van der Waals surface area contributed by atoms with E-state index in [0.717, 1.165) is 36.2 Å². The summed E-state index contributed by atoms with van der Waals surface area (Å²) >= 11 is 0. The fraction of sp³-hybridized carbons (Fsp3) is 0.588. The highest BCUT2D eigenvalue weighted by molar-refractivity contribution is 7.88. The second kappa shape index (κ2) is 8.75. The molecule has 7 nitrogen and oxygen atoms in total. The number of aryl methyl sites for hydroxylation is 2. The fourth-order valence-corrected chi connectivity index (χ4v) is 3.56. The number of nitrogens with zero attached hydrogens (tertiary/aromatic N) is 2. The van der Waals surface area contributed by atoms with Gasteiger partial charge in [0.2, 0.25) is 15.9 Å². The molecule has 2 rings (SSSR count). The highest BCUT2D eigenvalue weighted by Gasteiger charge is 2.22. The largest absolute Gasteiger partial charge is 0.379 e. The summed E-state index contributed by atoms with van der Waals surface area (Å²) in [7, 11) is -3.46. The summed E-state index contributed by atoms with van der Waals surface area (Å²) in [6.07, 6.45) is 1.14. The van der Waals surface area contributed by atoms with Crippen molar-refractivity contribution in [1.82, 2.24) is 9.21 Å². The standard InChI is InChI=1S/C17H27N3O4S/c1-14-5-4-6-15(2)17(14)18-16(21)13-20(25(3,22)23)8-7-19-9-11-24-12-10-19/h4-6H,7-13H2,1-3H3,(H,18,21). The van der Waals surface area contributed by atoms with Crippen molar-refractivity contribution < 1.29 is 17.9 Å². The first-order valence-corrected chi connectivity index (χ1v) is 10.2. The second-order valence-electron chi connectivity index (χ2n) is 6.37. The van der Waals surface area contributed by atoms with Gasteiger partial charge >= 0.3 is 0 Å². The molecule has 1 aromatic carbocycles. The first kappa shape index (κ1) is 19.8. The molecule has 1 aliphatic heterocycles. The number of benzene rings is 1. The van der Waals surface area contributed by atoms with E-state index in [1.165, 1.54) is 4.31 Å². The number of sulfonamides is 1. The molecule has 1 aliphatic rings. The minimum absolute atomic E-state index is 0.184. The molecular weight excluding hydrogens is 342 g/mol. The van der Waals surface area contributed by atoms with Crippen LogP contribution in [0.1, 0.15) is 11.1 Å². The third kappa shape index (κ3) is 6.07. The number of nitrogens with one attached hydrogen (secondary N) is 1. The Bertz CT molecular complexity index is 680. The lowest BCUT2D eigenvalue weighted by Gasteiger charge is -2.29. The molecule has 0 aliphatic carbocycles. The van der Waals surface area contributed by atoms with Gasteiger partial charge in [-0.05, 0) is 25.0 Å². The number of carbonyl (C=O) groups is 1. The Labute approximate surface area is 150 Å². The number of anilines is 1. The van der Waals surface area contributed by atoms with Gasteiger partial charge in [0.1, 0.15) is 0 Å². The average Bonchev–Trinajstić information content (AvgIpc) is 2.55. The Balaban J connectivity index is 1.97. The minimum atomic E-state index is -3.46. The Morgan fingerprint density at radius 3 is 2.40 bits per heavy atom. The van der Waals surface area contributed by atoms with Crippen LogP contribution >= 0.6 is 0 Å². The molecular formula is C17H27N3O4S. The van der Waals surface area contributed by atoms with Crippen LogP contribution in [0.3, 0.4) is 0 Å². The predicted molar refractivity (Wildman–Crippen MR) is 98.2 cm³/mol. The van der Waals surface area contributed by atoms with Crippen LogP contribution in [0.15, 0.2) is 18.2 Å². The van der Waals surface area contributed by atoms with Crippen LogP contribution in [-0.4, -0.2) is 75.7 Å². The average molecular weight is 369 g/mol. The molecule has 0 aromatic heterocycles. The number of ether oxygens (including phenoxy) is 1. The summed E-state index contributed by atoms with van der Waals surface area (Å²) in [5.41, 5.74) is 2.65. The molecule has 1 N–H and O–H groups in total. The molecule has 0 saturated carbocycles. The molecule has 25 heavy (non-hydrogen) atoms. The number of hydrogen-bond acceptors (Lipinski definition) is 5. The topological polar surface area (TPSA) is 79.0 Å². The Hall–Kier alpha value is -1.48. The van der Waals surface area contributed by atoms with Gasteiger partial charge in [0, 0.05) is 31.9 Å². The maximum absolute atomic E-state index is 12.4. The lowest BCUT2D eigenvalue weighted by atomic mass is 10.1. The molecule has 8 heteroatoms. The van der Waals surface area contributed by atoms with Crippen LogP contribution in [-0.2, 0) is 19.6 Å². The minimum Gasteiger partial charge on any atom is -0.379 e. The van der Waals surface area contributed by atoms with Gasteiger partial charge in [-0.1, -0.05) is 18.2 Å². The molecule has 1 aromatic rings. The lowest BCUT2D eigenvalue weighted by molar-refractivity contribution is -0.116. The number of amides is 1. The number of carbonyl (C=O) groups excluding carboxylic acids is 1. The van der Waals surface area contributed by atoms with Crippen LogP contribution < -0.4 is 5.32 Å². The smallest absolute Gasteiger partial charge is 0.239 e. The first-order chi connectivity index (χ1) is 11.8. The van der Waals surface area contributed by atoms with Crippen LogP contribution in [0, 0.1) is 13.8 Å². The molecule has 0 bridgehead atoms. The number of hydrogen-bond donors (Lipinski definition) is 1. The van der Waals surface area contributed by atoms with Crippen molar-refractivity contribution in [3.05, 3.63) is 29.3 Å². The normalized spacial score (nSPS) is 16.2. The van der Waals surface area contributed by atoms with Crippen LogP contribution in [0.25, 0.3) is 0 Å². The van der Waals surface area contributed by atoms with Crippen LogP contribution in [0.5, 0.6) is 0 Å². The van der Waals surface area contributed by atoms with Crippen molar-refractivity contribution in [2.45, 2.75) is 13.8 Å². The van der Waals surface area contributed by atoms with Gasteiger partial charge in [-0.3, -0.25) is 9.69 Å². The highest BCUT2D eigenvalue weighted by atomic mass is 32.2. The van der Waals surface area contributed by atoms with Crippen molar-refractivity contribution in [3.8, 4) is 0 Å². The van der Waals surface area contributed by atoms with E-state index >= 15 is 0 Å². The van der Waals surface area contributed by atoms with E-state index in [1.54, 1.807) is 0 Å². The molecule has 1 heterocycles. The molecule has 0 unspecified atom stereocenters. The van der Waals surface area contributed by atoms with E-state index in [9.17, 15) is 13.2 Å². The molecule has 0 atom stereocenters. The van der Waals surface area contributed by atoms with Gasteiger partial charge in [0.05, 0.1) is 26.0 Å². The number of para-hydroxylation sites is 1. The van der Waals surface area contributed by atoms with E-state index in [2.05, 4.69) is 10.2 Å². The summed E-state index contributed by atoms with van der Waals surface area (Å²) < 4.78 is 30.6. The Morgan fingerprint density at radius 2 is 1.84 bits per heavy atom. The van der Waals surface area contributed by atoms with E-state index in [1.807, 2.05) is 32.0 Å². The van der Waals surface area contributed by atoms with E-state index in [0.29, 0.717) is 26.3 Å². The van der Waals surface area contributed by atoms with Crippen molar-refractivity contribution in [2.24, 2.45) is 0 Å². The van der Waals surface area contributed by atoms with Gasteiger partial charge in [-0.2, -0.15) is 4.31 Å². The molecule has 0 spiro atoms. The third-order valence-corrected chi connectivity index (χ3v) is 5.55. The van der Waals surface area contributed by atoms with Crippen molar-refractivity contribution >= 4 is 21.6 Å². The summed E-state index contributed by atoms with van der Waals surface area (Å²) in [5, 5.41) is 2.84. The highest BCUT2D eigenvalue weighted by Crippen LogP contribution is 2.19. The maximum Gasteiger partial charge on any atom is 0.239 e. The summed E-state index contributed by atoms with van der Waals surface area (Å²) in [5.74, 6) is -0.329. The van der Waals surface area contributed by atoms with E-state index in [-0.39, 0.29) is 12.5 Å². The first-order valence-electron chi connectivity index (χ1n) is 8.38. The third-order valence-electron chi connectivity index (χ3n) is 4.30. The Morgan fingerprint density at radius 1 is 1.24 bits per heavy atom. The van der Waals surface area contributed by atoms with Gasteiger partial charge in [-0.15, -0.1) is 0 Å². The molecule has 0 radical (unpaired) electrons. The summed E-state index contributed by atoms with van der Waals surface area (Å²) in [4.78, 5) is 14.5. The quantitative estimate of drug-likeness (QED) is 0.770. The monoisotopic (exact) mass is 369 g/mol. The summed E-state index contributed by atoms with van der Waals surface area (Å²) in [6.45, 7) is 7.41. The fourth-order valence-electron chi connectivity index (χ4n) is 2.79. The lowest BCUT2D eigenvalue weighted by Crippen LogP contribution is -2.45. The molecule has 1 amide bonds. The Kier molecular flexibility index (Phi) is 6.95. The molecule has 1 fully saturated rings. The molecule has 1 saturated heterocycles. The summed E-state index contributed by atoms with van der Waals surface area (Å²) in [6, 6.07) is 5.75. The van der Waals surface area contributed by atoms with Gasteiger partial charge in [0.25, 0.3) is 0 Å². The van der Waals surface area contributed by atoms with Crippen molar-refractivity contribution in [2.75, 3.05) is 57.5 Å². The zero-order chi connectivity index (χ0) is 18.4. The van der Waals surface area contributed by atoms with E-state index < -0.39 is 10.0 Å². The number of morpholine rings is 1. The van der Waals surface area contributed by atoms with Gasteiger partial charge in [0.15, 0.2) is 0 Å². The van der Waals surface area contributed by atoms with Crippen LogP contribution in [0.2, 0.25) is 0 Å². The number of rotatable bonds is 7. The maximum atomic E-state index is 12.4. The van der Waals surface area contributed by atoms with Gasteiger partial charge in [-0.25, -0.2) is 8.42 Å². The van der Waals surface area contributed by atoms with Crippen LogP contribution in [0.4, 0.5) is 5.69 Å². The van der Waals surface area contributed by atoms with Gasteiger partial charge < -0.3 is 10.1 Å². The van der Waals surface area contributed by atoms with E-state index in [4.69, 9.17) is 4.74 Å². The zero-order valence-electron chi connectivity index (χ0n) is 15.1. The second-order valence-corrected chi connectivity index (χ2v) is 8.35. The van der Waals surface area contributed by atoms with Crippen molar-refractivity contribution in [1.29, 1.82) is 0 Å². The SMILES string of the molecule is Cc1cccc(C)c1NC(=O)CN(CCN1CCOCC1)S(C)(=O)=O. The molecule has 140 valence electrons. The predicted octanol–water partition coefficient (Wildman–Crippen LogP) is 0.836.